The molecule has 3 aromatic rings. The van der Waals surface area contributed by atoms with Crippen molar-refractivity contribution >= 4 is 34.4 Å². The Morgan fingerprint density at radius 2 is 1.86 bits per heavy atom. The van der Waals surface area contributed by atoms with Gasteiger partial charge >= 0.3 is 5.69 Å². The Morgan fingerprint density at radius 3 is 2.46 bits per heavy atom. The third kappa shape index (κ3) is 3.84. The monoisotopic (exact) mass is 394 g/mol. The molecule has 0 aliphatic rings. The second kappa shape index (κ2) is 7.65. The summed E-state index contributed by atoms with van der Waals surface area (Å²) in [5.74, 6) is -0.463. The Kier molecular flexibility index (Phi) is 5.10. The summed E-state index contributed by atoms with van der Waals surface area (Å²) in [6.45, 7) is 0. The highest BCUT2D eigenvalue weighted by Gasteiger charge is 2.15. The van der Waals surface area contributed by atoms with Gasteiger partial charge in [0.05, 0.1) is 21.1 Å². The van der Waals surface area contributed by atoms with Crippen LogP contribution in [-0.4, -0.2) is 19.9 Å². The minimum absolute atomic E-state index is 0.0364. The zero-order valence-electron chi connectivity index (χ0n) is 14.0. The molecule has 0 saturated carbocycles. The number of aromatic nitrogens is 1. The number of phenols is 1. The number of aromatic hydroxyl groups is 1. The van der Waals surface area contributed by atoms with E-state index in [4.69, 9.17) is 0 Å². The first kappa shape index (κ1) is 18.7. The van der Waals surface area contributed by atoms with Crippen molar-refractivity contribution in [2.75, 3.05) is 0 Å². The van der Waals surface area contributed by atoms with Gasteiger partial charge in [0.2, 0.25) is 0 Å². The van der Waals surface area contributed by atoms with Crippen LogP contribution in [0.2, 0.25) is 0 Å². The van der Waals surface area contributed by atoms with Crippen LogP contribution in [0.3, 0.4) is 0 Å². The Bertz CT molecular complexity index is 1150. The highest BCUT2D eigenvalue weighted by Crippen LogP contribution is 2.31. The third-order valence-corrected chi connectivity index (χ3v) is 4.61. The lowest BCUT2D eigenvalue weighted by molar-refractivity contribution is -0.385. The van der Waals surface area contributed by atoms with Crippen molar-refractivity contribution in [3.8, 4) is 23.1 Å². The predicted molar refractivity (Wildman–Crippen MR) is 102 cm³/mol. The standard InChI is InChI=1S/C18H10N4O5S/c19-9-13(7-11-1-6-17(23)16(8-11)22(26)27)18-20-15(10-28-18)12-2-4-14(5-3-12)21(24)25/h1-8,10,23H/b13-7-. The van der Waals surface area contributed by atoms with Crippen molar-refractivity contribution in [3.05, 3.63) is 78.6 Å². The lowest BCUT2D eigenvalue weighted by Crippen LogP contribution is -1.89. The van der Waals surface area contributed by atoms with Gasteiger partial charge in [0, 0.05) is 29.1 Å². The lowest BCUT2D eigenvalue weighted by Gasteiger charge is -1.99. The van der Waals surface area contributed by atoms with Crippen LogP contribution in [0.1, 0.15) is 10.6 Å². The largest absolute Gasteiger partial charge is 0.502 e. The molecule has 3 rings (SSSR count). The van der Waals surface area contributed by atoms with E-state index in [-0.39, 0.29) is 11.3 Å². The third-order valence-electron chi connectivity index (χ3n) is 3.74. The van der Waals surface area contributed by atoms with Gasteiger partial charge in [-0.25, -0.2) is 4.98 Å². The number of allylic oxidation sites excluding steroid dienone is 1. The number of nitro groups is 2. The molecule has 0 aliphatic heterocycles. The van der Waals surface area contributed by atoms with E-state index in [1.807, 2.05) is 6.07 Å². The van der Waals surface area contributed by atoms with Crippen LogP contribution in [0.4, 0.5) is 11.4 Å². The molecule has 0 atom stereocenters. The quantitative estimate of drug-likeness (QED) is 0.384. The van der Waals surface area contributed by atoms with Crippen molar-refractivity contribution < 1.29 is 15.0 Å². The Morgan fingerprint density at radius 1 is 1.14 bits per heavy atom. The van der Waals surface area contributed by atoms with E-state index < -0.39 is 21.3 Å². The average molecular weight is 394 g/mol. The molecule has 1 aromatic heterocycles. The summed E-state index contributed by atoms with van der Waals surface area (Å²) in [6, 6.07) is 11.7. The number of hydrogen-bond acceptors (Lipinski definition) is 8. The number of nitro benzene ring substituents is 2. The van der Waals surface area contributed by atoms with E-state index in [0.29, 0.717) is 21.8 Å². The zero-order valence-corrected chi connectivity index (χ0v) is 14.8. The first-order valence-electron chi connectivity index (χ1n) is 7.69. The second-order valence-corrected chi connectivity index (χ2v) is 6.38. The molecule has 0 radical (unpaired) electrons. The van der Waals surface area contributed by atoms with Crippen LogP contribution in [0.25, 0.3) is 22.9 Å². The molecule has 2 aromatic carbocycles. The fraction of sp³-hybridized carbons (Fsp3) is 0. The number of hydrogen-bond donors (Lipinski definition) is 1. The molecule has 0 amide bonds. The molecule has 0 fully saturated rings. The molecule has 138 valence electrons. The molecule has 10 heteroatoms. The van der Waals surface area contributed by atoms with E-state index in [2.05, 4.69) is 4.98 Å². The molecule has 1 N–H and O–H groups in total. The van der Waals surface area contributed by atoms with Gasteiger partial charge in [0.1, 0.15) is 11.1 Å². The van der Waals surface area contributed by atoms with E-state index in [0.717, 1.165) is 6.07 Å². The summed E-state index contributed by atoms with van der Waals surface area (Å²) >= 11 is 1.20. The van der Waals surface area contributed by atoms with Crippen LogP contribution in [-0.2, 0) is 0 Å². The fourth-order valence-electron chi connectivity index (χ4n) is 2.37. The second-order valence-electron chi connectivity index (χ2n) is 5.52. The summed E-state index contributed by atoms with van der Waals surface area (Å²) < 4.78 is 0. The van der Waals surface area contributed by atoms with Gasteiger partial charge in [-0.1, -0.05) is 6.07 Å². The predicted octanol–water partition coefficient (Wildman–Crippen LogP) is 4.40. The summed E-state index contributed by atoms with van der Waals surface area (Å²) in [7, 11) is 0. The number of phenolic OH excluding ortho intramolecular Hbond substituents is 1. The fourth-order valence-corrected chi connectivity index (χ4v) is 3.16. The Balaban J connectivity index is 1.93. The first-order chi connectivity index (χ1) is 13.4. The number of non-ortho nitro benzene ring substituents is 1. The maximum Gasteiger partial charge on any atom is 0.311 e. The Labute approximate surface area is 161 Å². The zero-order chi connectivity index (χ0) is 20.3. The highest BCUT2D eigenvalue weighted by molar-refractivity contribution is 7.11. The number of benzene rings is 2. The molecular formula is C18H10N4O5S. The SMILES string of the molecule is N#C/C(=C/c1ccc(O)c([N+](=O)[O-])c1)c1nc(-c2ccc([N+](=O)[O-])cc2)cs1. The van der Waals surface area contributed by atoms with Gasteiger partial charge in [-0.05, 0) is 29.8 Å². The van der Waals surface area contributed by atoms with Crippen LogP contribution in [0, 0.1) is 31.6 Å². The molecule has 28 heavy (non-hydrogen) atoms. The lowest BCUT2D eigenvalue weighted by atomic mass is 10.1. The van der Waals surface area contributed by atoms with Gasteiger partial charge in [0.15, 0.2) is 5.75 Å². The summed E-state index contributed by atoms with van der Waals surface area (Å²) in [5, 5.41) is 42.7. The molecule has 9 nitrogen and oxygen atoms in total. The van der Waals surface area contributed by atoms with E-state index >= 15 is 0 Å². The maximum atomic E-state index is 10.9. The van der Waals surface area contributed by atoms with Crippen molar-refractivity contribution in [3.63, 3.8) is 0 Å². The molecule has 0 aliphatic carbocycles. The van der Waals surface area contributed by atoms with Gasteiger partial charge in [-0.15, -0.1) is 11.3 Å². The van der Waals surface area contributed by atoms with Crippen LogP contribution < -0.4 is 0 Å². The normalized spacial score (nSPS) is 11.0. The molecule has 0 unspecified atom stereocenters. The summed E-state index contributed by atoms with van der Waals surface area (Å²) in [5.41, 5.74) is 1.27. The number of rotatable bonds is 5. The van der Waals surface area contributed by atoms with Gasteiger partial charge in [-0.2, -0.15) is 5.26 Å². The number of thiazole rings is 1. The molecular weight excluding hydrogens is 384 g/mol. The average Bonchev–Trinajstić information content (AvgIpc) is 3.17. The van der Waals surface area contributed by atoms with E-state index in [9.17, 15) is 30.6 Å². The van der Waals surface area contributed by atoms with Gasteiger partial charge < -0.3 is 5.11 Å². The molecule has 1 heterocycles. The van der Waals surface area contributed by atoms with Gasteiger partial charge in [0.25, 0.3) is 5.69 Å². The highest BCUT2D eigenvalue weighted by atomic mass is 32.1. The Hall–Kier alpha value is -4.10. The maximum absolute atomic E-state index is 10.9. The van der Waals surface area contributed by atoms with Crippen molar-refractivity contribution in [1.82, 2.24) is 4.98 Å². The molecule has 0 saturated heterocycles. The van der Waals surface area contributed by atoms with E-state index in [1.165, 1.54) is 41.7 Å². The minimum atomic E-state index is -0.713. The topological polar surface area (TPSA) is 143 Å². The summed E-state index contributed by atoms with van der Waals surface area (Å²) in [4.78, 5) is 24.8. The molecule has 0 spiro atoms. The van der Waals surface area contributed by atoms with Crippen molar-refractivity contribution in [1.29, 1.82) is 5.26 Å². The van der Waals surface area contributed by atoms with Crippen LogP contribution in [0.5, 0.6) is 5.75 Å². The smallest absolute Gasteiger partial charge is 0.311 e. The number of nitriles is 1. The first-order valence-corrected chi connectivity index (χ1v) is 8.57. The van der Waals surface area contributed by atoms with E-state index in [1.54, 1.807) is 17.5 Å². The number of nitrogens with zero attached hydrogens (tertiary/aromatic N) is 4. The molecule has 0 bridgehead atoms. The minimum Gasteiger partial charge on any atom is -0.502 e. The van der Waals surface area contributed by atoms with Crippen LogP contribution >= 0.6 is 11.3 Å². The van der Waals surface area contributed by atoms with Crippen LogP contribution in [0.15, 0.2) is 47.8 Å². The van der Waals surface area contributed by atoms with Crippen molar-refractivity contribution in [2.45, 2.75) is 0 Å². The summed E-state index contributed by atoms with van der Waals surface area (Å²) in [6.07, 6.45) is 1.44. The van der Waals surface area contributed by atoms with Gasteiger partial charge in [-0.3, -0.25) is 20.2 Å². The van der Waals surface area contributed by atoms with Crippen molar-refractivity contribution in [2.24, 2.45) is 0 Å².